The second-order valence-electron chi connectivity index (χ2n) is 5.10. The SMILES string of the molecule is COC(=O)C1CCCCN1CC(O)c1ccc(Cl)cc1. The number of esters is 1. The van der Waals surface area contributed by atoms with Gasteiger partial charge in [0, 0.05) is 11.6 Å². The summed E-state index contributed by atoms with van der Waals surface area (Å²) in [6, 6.07) is 6.90. The van der Waals surface area contributed by atoms with Crippen LogP contribution >= 0.6 is 11.6 Å². The van der Waals surface area contributed by atoms with Gasteiger partial charge in [0.05, 0.1) is 13.2 Å². The fourth-order valence-corrected chi connectivity index (χ4v) is 2.75. The molecule has 2 rings (SSSR count). The van der Waals surface area contributed by atoms with Crippen molar-refractivity contribution in [2.75, 3.05) is 20.2 Å². The Hall–Kier alpha value is -1.10. The Balaban J connectivity index is 2.02. The zero-order chi connectivity index (χ0) is 14.5. The van der Waals surface area contributed by atoms with Crippen molar-refractivity contribution in [2.24, 2.45) is 0 Å². The van der Waals surface area contributed by atoms with Gasteiger partial charge < -0.3 is 9.84 Å². The molecular weight excluding hydrogens is 278 g/mol. The number of benzene rings is 1. The predicted octanol–water partition coefficient (Wildman–Crippen LogP) is 2.40. The first kappa shape index (κ1) is 15.3. The number of halogens is 1. The average molecular weight is 298 g/mol. The number of methoxy groups -OCH3 is 1. The number of β-amino-alcohol motifs (C(OH)–C–C–N with tert-alkyl or cyclic N) is 1. The highest BCUT2D eigenvalue weighted by atomic mass is 35.5. The molecule has 1 aromatic rings. The molecule has 110 valence electrons. The average Bonchev–Trinajstić information content (AvgIpc) is 2.47. The number of hydrogen-bond donors (Lipinski definition) is 1. The zero-order valence-electron chi connectivity index (χ0n) is 11.6. The molecule has 2 atom stereocenters. The van der Waals surface area contributed by atoms with Gasteiger partial charge in [-0.15, -0.1) is 0 Å². The number of piperidine rings is 1. The van der Waals surface area contributed by atoms with Crippen LogP contribution in [0, 0.1) is 0 Å². The van der Waals surface area contributed by atoms with E-state index in [-0.39, 0.29) is 12.0 Å². The molecule has 0 bridgehead atoms. The van der Waals surface area contributed by atoms with Crippen LogP contribution in [0.4, 0.5) is 0 Å². The van der Waals surface area contributed by atoms with E-state index < -0.39 is 6.10 Å². The molecule has 0 amide bonds. The smallest absolute Gasteiger partial charge is 0.323 e. The van der Waals surface area contributed by atoms with Crippen LogP contribution in [0.25, 0.3) is 0 Å². The van der Waals surface area contributed by atoms with Gasteiger partial charge in [-0.1, -0.05) is 30.2 Å². The van der Waals surface area contributed by atoms with Crippen LogP contribution in [-0.2, 0) is 9.53 Å². The summed E-state index contributed by atoms with van der Waals surface area (Å²) in [4.78, 5) is 13.8. The van der Waals surface area contributed by atoms with Gasteiger partial charge in [0.1, 0.15) is 6.04 Å². The lowest BCUT2D eigenvalue weighted by Gasteiger charge is -2.35. The molecule has 1 aromatic carbocycles. The summed E-state index contributed by atoms with van der Waals surface area (Å²) >= 11 is 5.84. The maximum Gasteiger partial charge on any atom is 0.323 e. The van der Waals surface area contributed by atoms with Gasteiger partial charge in [0.25, 0.3) is 0 Å². The van der Waals surface area contributed by atoms with Crippen LogP contribution in [0.1, 0.15) is 30.9 Å². The minimum atomic E-state index is -0.627. The maximum atomic E-state index is 11.8. The highest BCUT2D eigenvalue weighted by Gasteiger charge is 2.30. The Morgan fingerprint density at radius 1 is 1.45 bits per heavy atom. The number of hydrogen-bond acceptors (Lipinski definition) is 4. The van der Waals surface area contributed by atoms with Gasteiger partial charge in [0.2, 0.25) is 0 Å². The van der Waals surface area contributed by atoms with Gasteiger partial charge >= 0.3 is 5.97 Å². The monoisotopic (exact) mass is 297 g/mol. The van der Waals surface area contributed by atoms with Crippen molar-refractivity contribution in [3.63, 3.8) is 0 Å². The summed E-state index contributed by atoms with van der Waals surface area (Å²) in [5, 5.41) is 10.9. The van der Waals surface area contributed by atoms with Gasteiger partial charge in [-0.25, -0.2) is 0 Å². The number of nitrogens with zero attached hydrogens (tertiary/aromatic N) is 1. The molecule has 5 heteroatoms. The van der Waals surface area contributed by atoms with Crippen molar-refractivity contribution < 1.29 is 14.6 Å². The first-order chi connectivity index (χ1) is 9.61. The number of ether oxygens (including phenoxy) is 1. The van der Waals surface area contributed by atoms with E-state index in [0.717, 1.165) is 31.4 Å². The molecule has 1 saturated heterocycles. The minimum absolute atomic E-state index is 0.215. The number of likely N-dealkylation sites (tertiary alicyclic amines) is 1. The summed E-state index contributed by atoms with van der Waals surface area (Å²) in [6.45, 7) is 1.24. The Labute approximate surface area is 124 Å². The van der Waals surface area contributed by atoms with E-state index in [1.807, 2.05) is 17.0 Å². The van der Waals surface area contributed by atoms with Crippen molar-refractivity contribution in [3.05, 3.63) is 34.9 Å². The number of carbonyl (C=O) groups excluding carboxylic acids is 1. The largest absolute Gasteiger partial charge is 0.468 e. The van der Waals surface area contributed by atoms with Crippen molar-refractivity contribution >= 4 is 17.6 Å². The van der Waals surface area contributed by atoms with Gasteiger partial charge in [-0.05, 0) is 37.1 Å². The molecule has 0 saturated carbocycles. The molecule has 20 heavy (non-hydrogen) atoms. The minimum Gasteiger partial charge on any atom is -0.468 e. The third-order valence-electron chi connectivity index (χ3n) is 3.75. The molecule has 2 unspecified atom stereocenters. The van der Waals surface area contributed by atoms with Crippen molar-refractivity contribution in [3.8, 4) is 0 Å². The summed E-state index contributed by atoms with van der Waals surface area (Å²) < 4.78 is 4.84. The highest BCUT2D eigenvalue weighted by molar-refractivity contribution is 6.30. The van der Waals surface area contributed by atoms with Gasteiger partial charge in [-0.2, -0.15) is 0 Å². The summed E-state index contributed by atoms with van der Waals surface area (Å²) in [5.74, 6) is -0.215. The lowest BCUT2D eigenvalue weighted by Crippen LogP contribution is -2.46. The second-order valence-corrected chi connectivity index (χ2v) is 5.53. The fourth-order valence-electron chi connectivity index (χ4n) is 2.62. The van der Waals surface area contributed by atoms with Gasteiger partial charge in [-0.3, -0.25) is 9.69 Å². The third-order valence-corrected chi connectivity index (χ3v) is 4.00. The maximum absolute atomic E-state index is 11.8. The Morgan fingerprint density at radius 3 is 2.80 bits per heavy atom. The molecule has 1 fully saturated rings. The van der Waals surface area contributed by atoms with E-state index in [0.29, 0.717) is 11.6 Å². The Kier molecular flexibility index (Phi) is 5.40. The molecule has 1 N–H and O–H groups in total. The number of rotatable bonds is 4. The van der Waals surface area contributed by atoms with E-state index in [1.165, 1.54) is 7.11 Å². The first-order valence-corrected chi connectivity index (χ1v) is 7.25. The predicted molar refractivity (Wildman–Crippen MR) is 77.6 cm³/mol. The molecule has 4 nitrogen and oxygen atoms in total. The van der Waals surface area contributed by atoms with E-state index >= 15 is 0 Å². The topological polar surface area (TPSA) is 49.8 Å². The molecule has 0 spiro atoms. The zero-order valence-corrected chi connectivity index (χ0v) is 12.3. The van der Waals surface area contributed by atoms with Crippen LogP contribution in [0.5, 0.6) is 0 Å². The van der Waals surface area contributed by atoms with E-state index in [9.17, 15) is 9.90 Å². The standard InChI is InChI=1S/C15H20ClNO3/c1-20-15(19)13-4-2-3-9-17(13)10-14(18)11-5-7-12(16)8-6-11/h5-8,13-14,18H,2-4,9-10H2,1H3. The Morgan fingerprint density at radius 2 is 2.15 bits per heavy atom. The first-order valence-electron chi connectivity index (χ1n) is 6.87. The van der Waals surface area contributed by atoms with E-state index in [2.05, 4.69) is 0 Å². The van der Waals surface area contributed by atoms with Crippen molar-refractivity contribution in [2.45, 2.75) is 31.4 Å². The molecule has 0 aromatic heterocycles. The van der Waals surface area contributed by atoms with E-state index in [4.69, 9.17) is 16.3 Å². The summed E-state index contributed by atoms with van der Waals surface area (Å²) in [5.41, 5.74) is 0.809. The second kappa shape index (κ2) is 7.07. The molecule has 1 heterocycles. The summed E-state index contributed by atoms with van der Waals surface area (Å²) in [6.07, 6.45) is 2.23. The quantitative estimate of drug-likeness (QED) is 0.867. The van der Waals surface area contributed by atoms with Crippen LogP contribution in [0.15, 0.2) is 24.3 Å². The number of carbonyl (C=O) groups is 1. The van der Waals surface area contributed by atoms with E-state index in [1.54, 1.807) is 12.1 Å². The fraction of sp³-hybridized carbons (Fsp3) is 0.533. The van der Waals surface area contributed by atoms with Crippen LogP contribution in [-0.4, -0.2) is 42.2 Å². The number of aliphatic hydroxyl groups is 1. The molecular formula is C15H20ClNO3. The van der Waals surface area contributed by atoms with Crippen LogP contribution in [0.2, 0.25) is 5.02 Å². The lowest BCUT2D eigenvalue weighted by molar-refractivity contribution is -0.148. The van der Waals surface area contributed by atoms with Crippen molar-refractivity contribution in [1.82, 2.24) is 4.90 Å². The van der Waals surface area contributed by atoms with Crippen molar-refractivity contribution in [1.29, 1.82) is 0 Å². The van der Waals surface area contributed by atoms with Crippen LogP contribution < -0.4 is 0 Å². The lowest BCUT2D eigenvalue weighted by atomic mass is 10.0. The molecule has 1 aliphatic rings. The highest BCUT2D eigenvalue weighted by Crippen LogP contribution is 2.23. The molecule has 1 aliphatic heterocycles. The van der Waals surface area contributed by atoms with Gasteiger partial charge in [0.15, 0.2) is 0 Å². The summed E-state index contributed by atoms with van der Waals surface area (Å²) in [7, 11) is 1.41. The Bertz CT molecular complexity index is 449. The molecule has 0 aliphatic carbocycles. The molecule has 0 radical (unpaired) electrons. The third kappa shape index (κ3) is 3.72. The number of aliphatic hydroxyl groups excluding tert-OH is 1. The normalized spacial score (nSPS) is 21.4. The van der Waals surface area contributed by atoms with Crippen LogP contribution in [0.3, 0.4) is 0 Å².